The van der Waals surface area contributed by atoms with Crippen molar-refractivity contribution in [1.82, 2.24) is 10.3 Å². The molecule has 3 N–H and O–H groups in total. The number of aromatic nitrogens is 1. The molecule has 0 spiro atoms. The van der Waals surface area contributed by atoms with Crippen LogP contribution in [0.4, 0.5) is 0 Å². The van der Waals surface area contributed by atoms with Crippen molar-refractivity contribution in [3.05, 3.63) is 23.9 Å². The molecule has 0 aromatic carbocycles. The van der Waals surface area contributed by atoms with Crippen molar-refractivity contribution in [2.75, 3.05) is 0 Å². The van der Waals surface area contributed by atoms with Crippen LogP contribution in [0.2, 0.25) is 0 Å². The molecule has 21 heavy (non-hydrogen) atoms. The van der Waals surface area contributed by atoms with E-state index in [0.29, 0.717) is 30.5 Å². The van der Waals surface area contributed by atoms with Gasteiger partial charge in [0.15, 0.2) is 5.96 Å². The Balaban J connectivity index is 1.54. The van der Waals surface area contributed by atoms with E-state index in [9.17, 15) is 0 Å². The Hall–Kier alpha value is -1.78. The molecule has 0 bridgehead atoms. The van der Waals surface area contributed by atoms with Gasteiger partial charge in [0.1, 0.15) is 6.10 Å². The van der Waals surface area contributed by atoms with E-state index < -0.39 is 0 Å². The number of rotatable bonds is 5. The molecule has 0 amide bonds. The number of guanidine groups is 1. The maximum Gasteiger partial charge on any atom is 0.213 e. The predicted molar refractivity (Wildman–Crippen MR) is 83.2 cm³/mol. The van der Waals surface area contributed by atoms with Crippen LogP contribution in [-0.4, -0.2) is 23.1 Å². The van der Waals surface area contributed by atoms with Crippen LogP contribution in [0.5, 0.6) is 5.88 Å². The number of nitrogens with one attached hydrogen (secondary N) is 1. The normalized spacial score (nSPS) is 20.3. The minimum absolute atomic E-state index is 0.326. The summed E-state index contributed by atoms with van der Waals surface area (Å²) < 4.78 is 5.97. The average Bonchev–Trinajstić information content (AvgIpc) is 3.31. The first-order valence-electron chi connectivity index (χ1n) is 7.97. The summed E-state index contributed by atoms with van der Waals surface area (Å²) in [6.07, 6.45) is 10.6. The standard InChI is InChI=1S/C16H24N4O/c17-16(20-13-6-7-13)19-11-12-8-9-18-15(10-12)21-14-4-2-1-3-5-14/h8-10,13-14H,1-7,11H2,(H3,17,19,20). The summed E-state index contributed by atoms with van der Waals surface area (Å²) in [6.45, 7) is 0.565. The molecule has 0 radical (unpaired) electrons. The molecule has 0 saturated heterocycles. The molecule has 2 aliphatic carbocycles. The zero-order chi connectivity index (χ0) is 14.5. The molecular weight excluding hydrogens is 264 g/mol. The molecule has 1 heterocycles. The van der Waals surface area contributed by atoms with Crippen molar-refractivity contribution >= 4 is 5.96 Å². The highest BCUT2D eigenvalue weighted by Gasteiger charge is 2.21. The SMILES string of the molecule is NC(=NCc1ccnc(OC2CCCCC2)c1)NC1CC1. The fourth-order valence-corrected chi connectivity index (χ4v) is 2.63. The molecule has 114 valence electrons. The van der Waals surface area contributed by atoms with Crippen molar-refractivity contribution in [1.29, 1.82) is 0 Å². The Labute approximate surface area is 126 Å². The zero-order valence-electron chi connectivity index (χ0n) is 12.4. The lowest BCUT2D eigenvalue weighted by atomic mass is 9.98. The van der Waals surface area contributed by atoms with Gasteiger partial charge in [0, 0.05) is 18.3 Å². The molecule has 1 aromatic rings. The van der Waals surface area contributed by atoms with Gasteiger partial charge >= 0.3 is 0 Å². The average molecular weight is 288 g/mol. The van der Waals surface area contributed by atoms with E-state index in [2.05, 4.69) is 15.3 Å². The zero-order valence-corrected chi connectivity index (χ0v) is 12.4. The third-order valence-corrected chi connectivity index (χ3v) is 4.00. The Morgan fingerprint density at radius 2 is 2.10 bits per heavy atom. The third kappa shape index (κ3) is 4.62. The Morgan fingerprint density at radius 3 is 2.86 bits per heavy atom. The highest BCUT2D eigenvalue weighted by Crippen LogP contribution is 2.22. The van der Waals surface area contributed by atoms with Crippen molar-refractivity contribution in [2.45, 2.75) is 63.6 Å². The fraction of sp³-hybridized carbons (Fsp3) is 0.625. The number of hydrogen-bond acceptors (Lipinski definition) is 3. The summed E-state index contributed by atoms with van der Waals surface area (Å²) in [5, 5.41) is 3.19. The van der Waals surface area contributed by atoms with Gasteiger partial charge in [-0.1, -0.05) is 6.42 Å². The van der Waals surface area contributed by atoms with Gasteiger partial charge in [-0.25, -0.2) is 9.98 Å². The van der Waals surface area contributed by atoms with Gasteiger partial charge in [0.05, 0.1) is 6.54 Å². The molecule has 2 fully saturated rings. The van der Waals surface area contributed by atoms with E-state index in [4.69, 9.17) is 10.5 Å². The predicted octanol–water partition coefficient (Wildman–Crippen LogP) is 2.36. The van der Waals surface area contributed by atoms with Crippen LogP contribution in [0.25, 0.3) is 0 Å². The van der Waals surface area contributed by atoms with Crippen molar-refractivity contribution in [3.63, 3.8) is 0 Å². The quantitative estimate of drug-likeness (QED) is 0.644. The summed E-state index contributed by atoms with van der Waals surface area (Å²) in [5.41, 5.74) is 6.92. The topological polar surface area (TPSA) is 72.5 Å². The van der Waals surface area contributed by atoms with Gasteiger partial charge in [-0.2, -0.15) is 0 Å². The Bertz CT molecular complexity index is 493. The Kier molecular flexibility index (Phi) is 4.58. The summed E-state index contributed by atoms with van der Waals surface area (Å²) >= 11 is 0. The lowest BCUT2D eigenvalue weighted by Crippen LogP contribution is -2.33. The largest absolute Gasteiger partial charge is 0.474 e. The highest BCUT2D eigenvalue weighted by atomic mass is 16.5. The molecule has 2 aliphatic rings. The van der Waals surface area contributed by atoms with Crippen LogP contribution in [0, 0.1) is 0 Å². The second-order valence-electron chi connectivity index (χ2n) is 6.00. The molecule has 1 aromatic heterocycles. The molecule has 5 nitrogen and oxygen atoms in total. The monoisotopic (exact) mass is 288 g/mol. The van der Waals surface area contributed by atoms with Gasteiger partial charge in [0.2, 0.25) is 5.88 Å². The summed E-state index contributed by atoms with van der Waals surface area (Å²) in [5.74, 6) is 1.24. The van der Waals surface area contributed by atoms with Gasteiger partial charge < -0.3 is 15.8 Å². The van der Waals surface area contributed by atoms with Crippen LogP contribution in [-0.2, 0) is 6.54 Å². The van der Waals surface area contributed by atoms with Gasteiger partial charge in [-0.3, -0.25) is 0 Å². The van der Waals surface area contributed by atoms with Gasteiger partial charge in [-0.05, 0) is 50.2 Å². The van der Waals surface area contributed by atoms with Crippen LogP contribution < -0.4 is 15.8 Å². The minimum atomic E-state index is 0.326. The maximum absolute atomic E-state index is 5.97. The van der Waals surface area contributed by atoms with Crippen molar-refractivity contribution in [2.24, 2.45) is 10.7 Å². The number of pyridine rings is 1. The molecule has 0 atom stereocenters. The van der Waals surface area contributed by atoms with Crippen LogP contribution in [0.15, 0.2) is 23.3 Å². The molecular formula is C16H24N4O. The summed E-state index contributed by atoms with van der Waals surface area (Å²) in [6, 6.07) is 4.47. The number of hydrogen-bond donors (Lipinski definition) is 2. The third-order valence-electron chi connectivity index (χ3n) is 4.00. The van der Waals surface area contributed by atoms with E-state index in [1.807, 2.05) is 12.1 Å². The summed E-state index contributed by atoms with van der Waals surface area (Å²) in [4.78, 5) is 8.66. The van der Waals surface area contributed by atoms with Crippen LogP contribution in [0.3, 0.4) is 0 Å². The maximum atomic E-state index is 5.97. The first kappa shape index (κ1) is 14.2. The Morgan fingerprint density at radius 1 is 1.29 bits per heavy atom. The number of aliphatic imine (C=N–C) groups is 1. The van der Waals surface area contributed by atoms with Crippen LogP contribution >= 0.6 is 0 Å². The first-order chi connectivity index (χ1) is 10.3. The molecule has 0 unspecified atom stereocenters. The van der Waals surface area contributed by atoms with E-state index in [1.54, 1.807) is 6.20 Å². The number of nitrogens with zero attached hydrogens (tertiary/aromatic N) is 2. The lowest BCUT2D eigenvalue weighted by molar-refractivity contribution is 0.148. The molecule has 0 aliphatic heterocycles. The summed E-state index contributed by atoms with van der Waals surface area (Å²) in [7, 11) is 0. The molecule has 2 saturated carbocycles. The van der Waals surface area contributed by atoms with Crippen LogP contribution in [0.1, 0.15) is 50.5 Å². The number of ether oxygens (including phenoxy) is 1. The minimum Gasteiger partial charge on any atom is -0.474 e. The lowest BCUT2D eigenvalue weighted by Gasteiger charge is -2.22. The van der Waals surface area contributed by atoms with E-state index >= 15 is 0 Å². The second-order valence-corrected chi connectivity index (χ2v) is 6.00. The van der Waals surface area contributed by atoms with Crippen molar-refractivity contribution < 1.29 is 4.74 Å². The van der Waals surface area contributed by atoms with Gasteiger partial charge in [-0.15, -0.1) is 0 Å². The number of nitrogens with two attached hydrogens (primary N) is 1. The first-order valence-corrected chi connectivity index (χ1v) is 7.97. The smallest absolute Gasteiger partial charge is 0.213 e. The second kappa shape index (κ2) is 6.78. The van der Waals surface area contributed by atoms with Gasteiger partial charge in [0.25, 0.3) is 0 Å². The molecule has 5 heteroatoms. The highest BCUT2D eigenvalue weighted by molar-refractivity contribution is 5.78. The fourth-order valence-electron chi connectivity index (χ4n) is 2.63. The van der Waals surface area contributed by atoms with E-state index in [1.165, 1.54) is 32.1 Å². The van der Waals surface area contributed by atoms with E-state index in [0.717, 1.165) is 18.4 Å². The van der Waals surface area contributed by atoms with Crippen molar-refractivity contribution in [3.8, 4) is 5.88 Å². The molecule has 3 rings (SSSR count). The van der Waals surface area contributed by atoms with E-state index in [-0.39, 0.29) is 0 Å².